The summed E-state index contributed by atoms with van der Waals surface area (Å²) in [6.07, 6.45) is 10.2. The highest BCUT2D eigenvalue weighted by molar-refractivity contribution is 4.97. The standard InChI is InChI=1S/C16H29N3/c1-2-13(10-17-8-1)11-19(15-5-6-15)16-7-9-18(12-16)14-3-4-14/h13-17H,1-12H2. The topological polar surface area (TPSA) is 18.5 Å². The van der Waals surface area contributed by atoms with E-state index >= 15 is 0 Å². The molecule has 0 aromatic carbocycles. The number of piperidine rings is 1. The maximum absolute atomic E-state index is 3.59. The van der Waals surface area contributed by atoms with Gasteiger partial charge < -0.3 is 5.32 Å². The Balaban J connectivity index is 1.34. The van der Waals surface area contributed by atoms with Crippen molar-refractivity contribution in [1.29, 1.82) is 0 Å². The van der Waals surface area contributed by atoms with Crippen LogP contribution < -0.4 is 5.32 Å². The Bertz CT molecular complexity index is 305. The van der Waals surface area contributed by atoms with Crippen LogP contribution in [0.3, 0.4) is 0 Å². The Morgan fingerprint density at radius 2 is 1.89 bits per heavy atom. The monoisotopic (exact) mass is 263 g/mol. The third-order valence-electron chi connectivity index (χ3n) is 5.61. The molecule has 2 saturated heterocycles. The lowest BCUT2D eigenvalue weighted by Crippen LogP contribution is -2.45. The van der Waals surface area contributed by atoms with E-state index in [1.807, 2.05) is 0 Å². The number of nitrogens with one attached hydrogen (secondary N) is 1. The molecule has 0 radical (unpaired) electrons. The van der Waals surface area contributed by atoms with Crippen molar-refractivity contribution in [3.8, 4) is 0 Å². The molecule has 19 heavy (non-hydrogen) atoms. The van der Waals surface area contributed by atoms with E-state index in [1.165, 1.54) is 77.7 Å². The highest BCUT2D eigenvalue weighted by atomic mass is 15.3. The predicted octanol–water partition coefficient (Wildman–Crippen LogP) is 1.69. The molecule has 3 nitrogen and oxygen atoms in total. The summed E-state index contributed by atoms with van der Waals surface area (Å²) in [6, 6.07) is 2.81. The molecule has 2 aliphatic carbocycles. The normalized spacial score (nSPS) is 37.1. The van der Waals surface area contributed by atoms with Crippen LogP contribution in [0.1, 0.15) is 44.9 Å². The molecule has 108 valence electrons. The lowest BCUT2D eigenvalue weighted by atomic mass is 9.98. The number of hydrogen-bond donors (Lipinski definition) is 1. The number of likely N-dealkylation sites (tertiary alicyclic amines) is 1. The van der Waals surface area contributed by atoms with Gasteiger partial charge in [-0.25, -0.2) is 0 Å². The molecule has 0 spiro atoms. The first-order chi connectivity index (χ1) is 9.40. The second-order valence-electron chi connectivity index (χ2n) is 7.31. The van der Waals surface area contributed by atoms with Gasteiger partial charge in [0.15, 0.2) is 0 Å². The molecule has 4 rings (SSSR count). The molecule has 2 saturated carbocycles. The van der Waals surface area contributed by atoms with E-state index in [9.17, 15) is 0 Å². The first-order valence-electron chi connectivity index (χ1n) is 8.60. The summed E-state index contributed by atoms with van der Waals surface area (Å²) in [4.78, 5) is 5.69. The highest BCUT2D eigenvalue weighted by Gasteiger charge is 2.41. The van der Waals surface area contributed by atoms with Crippen molar-refractivity contribution in [1.82, 2.24) is 15.1 Å². The van der Waals surface area contributed by atoms with Crippen LogP contribution in [0.2, 0.25) is 0 Å². The van der Waals surface area contributed by atoms with Crippen molar-refractivity contribution in [3.05, 3.63) is 0 Å². The van der Waals surface area contributed by atoms with Crippen molar-refractivity contribution in [2.45, 2.75) is 63.1 Å². The fraction of sp³-hybridized carbons (Fsp3) is 1.00. The van der Waals surface area contributed by atoms with Crippen LogP contribution in [0.25, 0.3) is 0 Å². The molecule has 0 aromatic rings. The minimum Gasteiger partial charge on any atom is -0.316 e. The molecule has 1 N–H and O–H groups in total. The fourth-order valence-corrected chi connectivity index (χ4v) is 4.19. The fourth-order valence-electron chi connectivity index (χ4n) is 4.19. The Hall–Kier alpha value is -0.120. The third kappa shape index (κ3) is 2.98. The minimum atomic E-state index is 0.884. The SMILES string of the molecule is C1CNCC(CN(C2CC2)C2CCN(C3CC3)C2)C1. The lowest BCUT2D eigenvalue weighted by molar-refractivity contribution is 0.143. The number of rotatable bonds is 5. The van der Waals surface area contributed by atoms with Gasteiger partial charge in [0.05, 0.1) is 0 Å². The summed E-state index contributed by atoms with van der Waals surface area (Å²) >= 11 is 0. The number of nitrogens with zero attached hydrogens (tertiary/aromatic N) is 2. The van der Waals surface area contributed by atoms with Gasteiger partial charge in [0.1, 0.15) is 0 Å². The third-order valence-corrected chi connectivity index (χ3v) is 5.61. The highest BCUT2D eigenvalue weighted by Crippen LogP contribution is 2.36. The molecule has 2 atom stereocenters. The molecule has 2 heterocycles. The zero-order chi connectivity index (χ0) is 12.7. The largest absolute Gasteiger partial charge is 0.316 e. The van der Waals surface area contributed by atoms with Crippen LogP contribution >= 0.6 is 0 Å². The maximum atomic E-state index is 3.59. The molecule has 4 aliphatic rings. The van der Waals surface area contributed by atoms with Crippen LogP contribution in [0.5, 0.6) is 0 Å². The summed E-state index contributed by atoms with van der Waals surface area (Å²) in [5.41, 5.74) is 0. The van der Waals surface area contributed by atoms with E-state index in [2.05, 4.69) is 15.1 Å². The van der Waals surface area contributed by atoms with Gasteiger partial charge in [0, 0.05) is 37.8 Å². The second-order valence-corrected chi connectivity index (χ2v) is 7.31. The summed E-state index contributed by atoms with van der Waals surface area (Å²) in [7, 11) is 0. The number of hydrogen-bond acceptors (Lipinski definition) is 3. The van der Waals surface area contributed by atoms with Crippen LogP contribution in [0.4, 0.5) is 0 Å². The minimum absolute atomic E-state index is 0.884. The summed E-state index contributed by atoms with van der Waals surface area (Å²) in [5.74, 6) is 0.921. The van der Waals surface area contributed by atoms with Crippen molar-refractivity contribution in [2.75, 3.05) is 32.7 Å². The van der Waals surface area contributed by atoms with Gasteiger partial charge >= 0.3 is 0 Å². The molecule has 0 aromatic heterocycles. The lowest BCUT2D eigenvalue weighted by Gasteiger charge is -2.34. The van der Waals surface area contributed by atoms with Gasteiger partial charge in [0.25, 0.3) is 0 Å². The van der Waals surface area contributed by atoms with Crippen LogP contribution in [0, 0.1) is 5.92 Å². The predicted molar refractivity (Wildman–Crippen MR) is 78.3 cm³/mol. The molecule has 3 heteroatoms. The van der Waals surface area contributed by atoms with E-state index in [0.717, 1.165) is 24.0 Å². The van der Waals surface area contributed by atoms with E-state index in [-0.39, 0.29) is 0 Å². The van der Waals surface area contributed by atoms with E-state index in [1.54, 1.807) is 0 Å². The summed E-state index contributed by atoms with van der Waals surface area (Å²) in [5, 5.41) is 3.59. The van der Waals surface area contributed by atoms with Crippen molar-refractivity contribution >= 4 is 0 Å². The molecule has 2 unspecified atom stereocenters. The van der Waals surface area contributed by atoms with Gasteiger partial charge in [-0.05, 0) is 64.0 Å². The van der Waals surface area contributed by atoms with Crippen molar-refractivity contribution in [2.24, 2.45) is 5.92 Å². The molecule has 2 aliphatic heterocycles. The Kier molecular flexibility index (Phi) is 3.55. The van der Waals surface area contributed by atoms with Crippen LogP contribution in [0.15, 0.2) is 0 Å². The van der Waals surface area contributed by atoms with E-state index < -0.39 is 0 Å². The van der Waals surface area contributed by atoms with Gasteiger partial charge in [0.2, 0.25) is 0 Å². The molecular weight excluding hydrogens is 234 g/mol. The smallest absolute Gasteiger partial charge is 0.0238 e. The molecule has 0 bridgehead atoms. The maximum Gasteiger partial charge on any atom is 0.0238 e. The second kappa shape index (κ2) is 5.34. The van der Waals surface area contributed by atoms with E-state index in [4.69, 9.17) is 0 Å². The Morgan fingerprint density at radius 1 is 1.00 bits per heavy atom. The first-order valence-corrected chi connectivity index (χ1v) is 8.60. The van der Waals surface area contributed by atoms with Gasteiger partial charge in [-0.3, -0.25) is 9.80 Å². The summed E-state index contributed by atoms with van der Waals surface area (Å²) in [6.45, 7) is 6.64. The average molecular weight is 263 g/mol. The zero-order valence-electron chi connectivity index (χ0n) is 12.2. The van der Waals surface area contributed by atoms with E-state index in [0.29, 0.717) is 0 Å². The quantitative estimate of drug-likeness (QED) is 0.814. The van der Waals surface area contributed by atoms with Gasteiger partial charge in [-0.15, -0.1) is 0 Å². The Morgan fingerprint density at radius 3 is 2.58 bits per heavy atom. The van der Waals surface area contributed by atoms with Crippen LogP contribution in [-0.4, -0.2) is 60.6 Å². The Labute approximate surface area is 117 Å². The van der Waals surface area contributed by atoms with Crippen molar-refractivity contribution in [3.63, 3.8) is 0 Å². The van der Waals surface area contributed by atoms with Crippen molar-refractivity contribution < 1.29 is 0 Å². The molecule has 4 fully saturated rings. The first kappa shape index (κ1) is 12.6. The molecule has 0 amide bonds. The van der Waals surface area contributed by atoms with Gasteiger partial charge in [-0.1, -0.05) is 0 Å². The average Bonchev–Trinajstić information content (AvgIpc) is 3.36. The summed E-state index contributed by atoms with van der Waals surface area (Å²) < 4.78 is 0. The zero-order valence-corrected chi connectivity index (χ0v) is 12.2. The van der Waals surface area contributed by atoms with Gasteiger partial charge in [-0.2, -0.15) is 0 Å². The molecular formula is C16H29N3. The van der Waals surface area contributed by atoms with Crippen LogP contribution in [-0.2, 0) is 0 Å².